The summed E-state index contributed by atoms with van der Waals surface area (Å²) in [4.78, 5) is 29.9. The fourth-order valence-electron chi connectivity index (χ4n) is 8.46. The third-order valence-corrected chi connectivity index (χ3v) is 10.9. The van der Waals surface area contributed by atoms with Gasteiger partial charge in [-0.3, -0.25) is 0 Å². The highest BCUT2D eigenvalue weighted by molar-refractivity contribution is 5.72. The van der Waals surface area contributed by atoms with Crippen LogP contribution in [0.5, 0.6) is 0 Å². The molecule has 0 saturated heterocycles. The van der Waals surface area contributed by atoms with E-state index in [2.05, 4.69) is 42.5 Å². The van der Waals surface area contributed by atoms with Gasteiger partial charge in [-0.25, -0.2) is 29.9 Å². The van der Waals surface area contributed by atoms with E-state index in [1.165, 1.54) is 18.4 Å². The topological polar surface area (TPSA) is 77.3 Å². The summed E-state index contributed by atoms with van der Waals surface area (Å²) in [6.07, 6.45) is 2.81. The second kappa shape index (κ2) is 11.4. The first-order chi connectivity index (χ1) is 24.2. The predicted octanol–water partition coefficient (Wildman–Crippen LogP) is 9.43. The quantitative estimate of drug-likeness (QED) is 0.174. The van der Waals surface area contributed by atoms with Crippen LogP contribution in [-0.4, -0.2) is 29.9 Å². The minimum absolute atomic E-state index is 0.591. The normalized spacial score (nSPS) is 21.5. The van der Waals surface area contributed by atoms with Crippen molar-refractivity contribution in [2.45, 2.75) is 18.8 Å². The van der Waals surface area contributed by atoms with Crippen molar-refractivity contribution in [3.8, 4) is 68.3 Å². The molecule has 3 aliphatic rings. The van der Waals surface area contributed by atoms with E-state index in [9.17, 15) is 0 Å². The van der Waals surface area contributed by atoms with Crippen LogP contribution in [0.1, 0.15) is 24.3 Å². The lowest BCUT2D eigenvalue weighted by atomic mass is 9.31. The van der Waals surface area contributed by atoms with E-state index in [-0.39, 0.29) is 0 Å². The van der Waals surface area contributed by atoms with E-state index in [4.69, 9.17) is 29.9 Å². The van der Waals surface area contributed by atoms with Crippen LogP contribution in [0.4, 0.5) is 0 Å². The molecule has 0 N–H and O–H groups in total. The van der Waals surface area contributed by atoms with Gasteiger partial charge in [0.15, 0.2) is 34.9 Å². The van der Waals surface area contributed by atoms with E-state index in [1.54, 1.807) is 0 Å². The SMILES string of the molecule is c1ccc(-c2nc(-c3ccccc3)nc(-c3cccc(-c4nc(-c5ccccc5)nc(-c5cccc(C6C7CC8CC6C87)c5)n4)c3)n2)cc1. The summed E-state index contributed by atoms with van der Waals surface area (Å²) in [6, 6.07) is 47.3. The molecule has 3 saturated carbocycles. The highest BCUT2D eigenvalue weighted by Gasteiger charge is 2.67. The maximum Gasteiger partial charge on any atom is 0.164 e. The molecule has 0 bridgehead atoms. The molecule has 10 rings (SSSR count). The minimum atomic E-state index is 0.591. The van der Waals surface area contributed by atoms with E-state index >= 15 is 0 Å². The van der Waals surface area contributed by atoms with Crippen LogP contribution in [0, 0.1) is 23.7 Å². The molecular weight excluding hydrogens is 601 g/mol. The third kappa shape index (κ3) is 4.86. The molecule has 2 atom stereocenters. The fourth-order valence-corrected chi connectivity index (χ4v) is 8.46. The monoisotopic (exact) mass is 632 g/mol. The van der Waals surface area contributed by atoms with Crippen molar-refractivity contribution in [1.29, 1.82) is 0 Å². The van der Waals surface area contributed by atoms with Crippen LogP contribution < -0.4 is 0 Å². The molecule has 49 heavy (non-hydrogen) atoms. The molecule has 7 aromatic rings. The van der Waals surface area contributed by atoms with Crippen molar-refractivity contribution in [2.24, 2.45) is 23.7 Å². The second-order valence-corrected chi connectivity index (χ2v) is 13.6. The minimum Gasteiger partial charge on any atom is -0.208 e. The van der Waals surface area contributed by atoms with Gasteiger partial charge in [0.05, 0.1) is 0 Å². The summed E-state index contributed by atoms with van der Waals surface area (Å²) in [5.41, 5.74) is 7.02. The summed E-state index contributed by atoms with van der Waals surface area (Å²) in [5, 5.41) is 0. The van der Waals surface area contributed by atoms with Gasteiger partial charge in [0.25, 0.3) is 0 Å². The smallest absolute Gasteiger partial charge is 0.164 e. The number of benzene rings is 5. The zero-order valence-electron chi connectivity index (χ0n) is 26.8. The highest BCUT2D eigenvalue weighted by Crippen LogP contribution is 2.75. The molecule has 0 spiro atoms. The number of rotatable bonds is 7. The molecule has 0 radical (unpaired) electrons. The van der Waals surface area contributed by atoms with Crippen molar-refractivity contribution < 1.29 is 0 Å². The molecule has 6 heteroatoms. The molecular formula is C43H32N6. The first kappa shape index (κ1) is 28.2. The van der Waals surface area contributed by atoms with Gasteiger partial charge in [-0.2, -0.15) is 0 Å². The Bertz CT molecular complexity index is 2250. The lowest BCUT2D eigenvalue weighted by Gasteiger charge is -2.73. The van der Waals surface area contributed by atoms with Gasteiger partial charge in [0.2, 0.25) is 0 Å². The van der Waals surface area contributed by atoms with Crippen molar-refractivity contribution in [1.82, 2.24) is 29.9 Å². The molecule has 0 amide bonds. The molecule has 2 aromatic heterocycles. The van der Waals surface area contributed by atoms with E-state index in [1.807, 2.05) is 97.1 Å². The summed E-state index contributed by atoms with van der Waals surface area (Å²) in [6.45, 7) is 0. The van der Waals surface area contributed by atoms with Crippen molar-refractivity contribution >= 4 is 0 Å². The van der Waals surface area contributed by atoms with Crippen LogP contribution in [-0.2, 0) is 0 Å². The zero-order valence-corrected chi connectivity index (χ0v) is 26.8. The fraction of sp³-hybridized carbons (Fsp3) is 0.163. The standard InChI is InChI=1S/C43H32N6/c1-4-12-26(13-5-1)38-44-39(27-14-6-2-7-15-27)46-42(45-38)31-20-11-21-32(23-31)43-48-40(28-16-8-3-9-17-28)47-41(49-43)30-19-10-18-29(22-30)36-34-24-33-25-35(36)37(33)34/h1-23,33-37H,24-25H2. The Morgan fingerprint density at radius 3 is 1.08 bits per heavy atom. The molecule has 3 aliphatic carbocycles. The summed E-state index contributed by atoms with van der Waals surface area (Å²) in [7, 11) is 0. The van der Waals surface area contributed by atoms with Gasteiger partial charge < -0.3 is 0 Å². The molecule has 2 unspecified atom stereocenters. The highest BCUT2D eigenvalue weighted by atomic mass is 15.0. The lowest BCUT2D eigenvalue weighted by molar-refractivity contribution is -0.214. The van der Waals surface area contributed by atoms with Crippen molar-refractivity contribution in [3.63, 3.8) is 0 Å². The first-order valence-corrected chi connectivity index (χ1v) is 17.1. The summed E-state index contributed by atoms with van der Waals surface area (Å²) in [5.74, 6) is 8.22. The Morgan fingerprint density at radius 1 is 0.347 bits per heavy atom. The Hall–Kier alpha value is -5.88. The van der Waals surface area contributed by atoms with Crippen LogP contribution in [0.3, 0.4) is 0 Å². The Balaban J connectivity index is 1.08. The van der Waals surface area contributed by atoms with Gasteiger partial charge >= 0.3 is 0 Å². The molecule has 3 fully saturated rings. The lowest BCUT2D eigenvalue weighted by Crippen LogP contribution is -2.65. The molecule has 234 valence electrons. The van der Waals surface area contributed by atoms with Crippen molar-refractivity contribution in [3.05, 3.63) is 145 Å². The van der Waals surface area contributed by atoms with Crippen LogP contribution >= 0.6 is 0 Å². The van der Waals surface area contributed by atoms with Crippen LogP contribution in [0.25, 0.3) is 68.3 Å². The van der Waals surface area contributed by atoms with Gasteiger partial charge in [-0.15, -0.1) is 0 Å². The van der Waals surface area contributed by atoms with E-state index in [0.29, 0.717) is 40.9 Å². The number of nitrogens with zero attached hydrogens (tertiary/aromatic N) is 6. The second-order valence-electron chi connectivity index (χ2n) is 13.6. The Morgan fingerprint density at radius 2 is 0.694 bits per heavy atom. The van der Waals surface area contributed by atoms with Gasteiger partial charge in [-0.05, 0) is 60.1 Å². The average Bonchev–Trinajstić information content (AvgIpc) is 3.18. The first-order valence-electron chi connectivity index (χ1n) is 17.1. The molecule has 5 aromatic carbocycles. The third-order valence-electron chi connectivity index (χ3n) is 10.9. The van der Waals surface area contributed by atoms with E-state index < -0.39 is 0 Å². The number of aromatic nitrogens is 6. The number of hydrogen-bond acceptors (Lipinski definition) is 6. The van der Waals surface area contributed by atoms with Gasteiger partial charge in [0.1, 0.15) is 0 Å². The number of hydrogen-bond donors (Lipinski definition) is 0. The molecule has 6 nitrogen and oxygen atoms in total. The maximum absolute atomic E-state index is 5.11. The van der Waals surface area contributed by atoms with Crippen LogP contribution in [0.2, 0.25) is 0 Å². The van der Waals surface area contributed by atoms with Gasteiger partial charge in [-0.1, -0.05) is 127 Å². The van der Waals surface area contributed by atoms with Crippen molar-refractivity contribution in [2.75, 3.05) is 0 Å². The Kier molecular flexibility index (Phi) is 6.54. The Labute approximate surface area is 285 Å². The van der Waals surface area contributed by atoms with Crippen LogP contribution in [0.15, 0.2) is 140 Å². The average molecular weight is 633 g/mol. The molecule has 2 heterocycles. The summed E-state index contributed by atoms with van der Waals surface area (Å²) < 4.78 is 0. The van der Waals surface area contributed by atoms with E-state index in [0.717, 1.165) is 57.1 Å². The summed E-state index contributed by atoms with van der Waals surface area (Å²) >= 11 is 0. The largest absolute Gasteiger partial charge is 0.208 e. The predicted molar refractivity (Wildman–Crippen MR) is 192 cm³/mol. The zero-order chi connectivity index (χ0) is 32.3. The maximum atomic E-state index is 5.11. The van der Waals surface area contributed by atoms with Gasteiger partial charge in [0, 0.05) is 33.4 Å². The molecule has 0 aliphatic heterocycles.